The number of halogens is 1. The predicted octanol–water partition coefficient (Wildman–Crippen LogP) is 4.36. The van der Waals surface area contributed by atoms with Crippen LogP contribution in [-0.2, 0) is 21.5 Å². The molecule has 0 aromatic heterocycles. The summed E-state index contributed by atoms with van der Waals surface area (Å²) < 4.78 is 36.1. The number of amides is 1. The third-order valence-electron chi connectivity index (χ3n) is 4.73. The molecule has 36 heavy (non-hydrogen) atoms. The summed E-state index contributed by atoms with van der Waals surface area (Å²) in [5, 5.41) is 23.1. The van der Waals surface area contributed by atoms with Gasteiger partial charge in [0.1, 0.15) is 16.5 Å². The number of nitro groups is 1. The van der Waals surface area contributed by atoms with Crippen molar-refractivity contribution in [3.05, 3.63) is 98.0 Å². The molecule has 0 unspecified atom stereocenters. The van der Waals surface area contributed by atoms with Crippen LogP contribution in [0.5, 0.6) is 11.5 Å². The van der Waals surface area contributed by atoms with E-state index in [2.05, 4.69) is 21.2 Å². The molecule has 10 nitrogen and oxygen atoms in total. The van der Waals surface area contributed by atoms with Crippen LogP contribution in [0.25, 0.3) is 6.08 Å². The highest BCUT2D eigenvalue weighted by Gasteiger charge is 2.24. The van der Waals surface area contributed by atoms with E-state index in [1.165, 1.54) is 31.4 Å². The lowest BCUT2D eigenvalue weighted by Gasteiger charge is -2.13. The number of carbonyl (C=O) groups is 1. The maximum Gasteiger partial charge on any atom is 0.339 e. The van der Waals surface area contributed by atoms with Gasteiger partial charge in [-0.25, -0.2) is 0 Å². The topological polar surface area (TPSA) is 149 Å². The molecular weight excluding hydrogens is 554 g/mol. The number of ether oxygens (including phenoxy) is 1. The molecule has 3 aromatic rings. The van der Waals surface area contributed by atoms with Crippen LogP contribution in [0.15, 0.2) is 81.7 Å². The number of benzene rings is 3. The van der Waals surface area contributed by atoms with Gasteiger partial charge in [0.25, 0.3) is 11.6 Å². The summed E-state index contributed by atoms with van der Waals surface area (Å²) >= 11 is 3.22. The summed E-state index contributed by atoms with van der Waals surface area (Å²) in [6.07, 6.45) is 1.31. The molecule has 0 aliphatic carbocycles. The fourth-order valence-electron chi connectivity index (χ4n) is 3.00. The third-order valence-corrected chi connectivity index (χ3v) is 6.54. The first-order chi connectivity index (χ1) is 17.1. The van der Waals surface area contributed by atoms with Crippen molar-refractivity contribution in [1.29, 1.82) is 5.26 Å². The zero-order chi connectivity index (χ0) is 26.3. The highest BCUT2D eigenvalue weighted by molar-refractivity contribution is 9.10. The Hall–Kier alpha value is -4.21. The average Bonchev–Trinajstić information content (AvgIpc) is 2.87. The number of nitro benzene ring substituents is 1. The predicted molar refractivity (Wildman–Crippen MR) is 133 cm³/mol. The van der Waals surface area contributed by atoms with Crippen LogP contribution in [0.1, 0.15) is 11.1 Å². The Labute approximate surface area is 215 Å². The zero-order valence-electron chi connectivity index (χ0n) is 18.7. The van der Waals surface area contributed by atoms with E-state index in [0.29, 0.717) is 5.56 Å². The van der Waals surface area contributed by atoms with Gasteiger partial charge < -0.3 is 14.2 Å². The number of methoxy groups -OCH3 is 1. The molecule has 0 atom stereocenters. The van der Waals surface area contributed by atoms with E-state index in [-0.39, 0.29) is 28.1 Å². The number of hydrogen-bond donors (Lipinski definition) is 1. The van der Waals surface area contributed by atoms with Crippen molar-refractivity contribution in [3.8, 4) is 17.6 Å². The summed E-state index contributed by atoms with van der Waals surface area (Å²) in [4.78, 5) is 22.3. The van der Waals surface area contributed by atoms with E-state index in [4.69, 9.17) is 8.92 Å². The molecule has 0 aliphatic rings. The minimum absolute atomic E-state index is 0.0217. The second-order valence-electron chi connectivity index (χ2n) is 7.16. The van der Waals surface area contributed by atoms with Crippen molar-refractivity contribution in [2.75, 3.05) is 7.11 Å². The molecule has 0 aliphatic heterocycles. The summed E-state index contributed by atoms with van der Waals surface area (Å²) in [5.41, 5.74) is 0.614. The van der Waals surface area contributed by atoms with E-state index in [1.807, 2.05) is 36.4 Å². The summed E-state index contributed by atoms with van der Waals surface area (Å²) in [7, 11) is -3.18. The van der Waals surface area contributed by atoms with Gasteiger partial charge in [0.2, 0.25) is 0 Å². The molecule has 0 bridgehead atoms. The summed E-state index contributed by atoms with van der Waals surface area (Å²) in [5.74, 6) is -0.829. The van der Waals surface area contributed by atoms with Gasteiger partial charge in [0, 0.05) is 18.7 Å². The van der Waals surface area contributed by atoms with E-state index < -0.39 is 31.5 Å². The smallest absolute Gasteiger partial charge is 0.339 e. The highest BCUT2D eigenvalue weighted by atomic mass is 79.9. The Morgan fingerprint density at radius 2 is 1.89 bits per heavy atom. The molecule has 0 spiro atoms. The van der Waals surface area contributed by atoms with Crippen molar-refractivity contribution < 1.29 is 27.1 Å². The molecule has 3 rings (SSSR count). The lowest BCUT2D eigenvalue weighted by molar-refractivity contribution is -0.385. The molecule has 0 heterocycles. The summed E-state index contributed by atoms with van der Waals surface area (Å²) in [6.45, 7) is 0.230. The largest absolute Gasteiger partial charge is 0.493 e. The SMILES string of the molecule is COc1cc(/C=C(\C#N)C(=O)NCc2ccccc2)cc(Br)c1OS(=O)(=O)c1cccc([N+](=O)[O-])c1. The number of non-ortho nitro benzene ring substituents is 1. The first-order valence-electron chi connectivity index (χ1n) is 10.1. The third kappa shape index (κ3) is 6.47. The first kappa shape index (κ1) is 26.4. The van der Waals surface area contributed by atoms with Crippen molar-refractivity contribution in [2.24, 2.45) is 0 Å². The molecule has 184 valence electrons. The van der Waals surface area contributed by atoms with Gasteiger partial charge in [-0.2, -0.15) is 13.7 Å². The van der Waals surface area contributed by atoms with Crippen molar-refractivity contribution in [2.45, 2.75) is 11.4 Å². The van der Waals surface area contributed by atoms with Crippen molar-refractivity contribution in [1.82, 2.24) is 5.32 Å². The molecular formula is C24H18BrN3O7S. The monoisotopic (exact) mass is 571 g/mol. The number of nitriles is 1. The number of nitrogens with one attached hydrogen (secondary N) is 1. The minimum Gasteiger partial charge on any atom is -0.493 e. The Morgan fingerprint density at radius 1 is 1.17 bits per heavy atom. The number of hydrogen-bond acceptors (Lipinski definition) is 8. The van der Waals surface area contributed by atoms with Crippen molar-refractivity contribution in [3.63, 3.8) is 0 Å². The molecule has 0 saturated heterocycles. The maximum absolute atomic E-state index is 12.8. The quantitative estimate of drug-likeness (QED) is 0.131. The summed E-state index contributed by atoms with van der Waals surface area (Å²) in [6, 6.07) is 18.2. The normalized spacial score (nSPS) is 11.3. The zero-order valence-corrected chi connectivity index (χ0v) is 21.1. The van der Waals surface area contributed by atoms with Gasteiger partial charge >= 0.3 is 10.1 Å². The van der Waals surface area contributed by atoms with Crippen molar-refractivity contribution >= 4 is 43.7 Å². The second-order valence-corrected chi connectivity index (χ2v) is 9.56. The second kappa shape index (κ2) is 11.5. The van der Waals surface area contributed by atoms with Gasteiger partial charge in [0.15, 0.2) is 11.5 Å². The van der Waals surface area contributed by atoms with E-state index in [0.717, 1.165) is 23.8 Å². The van der Waals surface area contributed by atoms with Crippen LogP contribution in [0.3, 0.4) is 0 Å². The number of rotatable bonds is 9. The molecule has 0 radical (unpaired) electrons. The molecule has 12 heteroatoms. The fourth-order valence-corrected chi connectivity index (χ4v) is 4.65. The minimum atomic E-state index is -4.46. The van der Waals surface area contributed by atoms with E-state index >= 15 is 0 Å². The van der Waals surface area contributed by atoms with Crippen LogP contribution in [0, 0.1) is 21.4 Å². The highest BCUT2D eigenvalue weighted by Crippen LogP contribution is 2.39. The molecule has 1 N–H and O–H groups in total. The van der Waals surface area contributed by atoms with Crippen LogP contribution in [-0.4, -0.2) is 26.4 Å². The standard InChI is InChI=1S/C24H18BrN3O7S/c1-34-22-12-17(10-18(14-26)24(29)27-15-16-6-3-2-4-7-16)11-21(25)23(22)35-36(32,33)20-9-5-8-19(13-20)28(30)31/h2-13H,15H2,1H3,(H,27,29)/b18-10+. The molecule has 0 fully saturated rings. The Kier molecular flexibility index (Phi) is 8.42. The molecule has 0 saturated carbocycles. The first-order valence-corrected chi connectivity index (χ1v) is 12.3. The van der Waals surface area contributed by atoms with Crippen LogP contribution in [0.2, 0.25) is 0 Å². The lowest BCUT2D eigenvalue weighted by atomic mass is 10.1. The number of nitrogens with zero attached hydrogens (tertiary/aromatic N) is 2. The van der Waals surface area contributed by atoms with Gasteiger partial charge in [-0.15, -0.1) is 0 Å². The van der Waals surface area contributed by atoms with Crippen LogP contribution < -0.4 is 14.2 Å². The van der Waals surface area contributed by atoms with Gasteiger partial charge in [0.05, 0.1) is 16.5 Å². The molecule has 3 aromatic carbocycles. The maximum atomic E-state index is 12.8. The van der Waals surface area contributed by atoms with Crippen LogP contribution in [0.4, 0.5) is 5.69 Å². The molecule has 1 amide bonds. The number of carbonyl (C=O) groups excluding carboxylic acids is 1. The van der Waals surface area contributed by atoms with E-state index in [9.17, 15) is 28.6 Å². The Morgan fingerprint density at radius 3 is 2.53 bits per heavy atom. The van der Waals surface area contributed by atoms with Crippen LogP contribution >= 0.6 is 15.9 Å². The fraction of sp³-hybridized carbons (Fsp3) is 0.0833. The van der Waals surface area contributed by atoms with E-state index in [1.54, 1.807) is 0 Å². The lowest BCUT2D eigenvalue weighted by Crippen LogP contribution is -2.23. The van der Waals surface area contributed by atoms with Gasteiger partial charge in [-0.1, -0.05) is 36.4 Å². The Balaban J connectivity index is 1.87. The Bertz CT molecular complexity index is 1480. The van der Waals surface area contributed by atoms with Gasteiger partial charge in [-0.3, -0.25) is 14.9 Å². The van der Waals surface area contributed by atoms with Gasteiger partial charge in [-0.05, 0) is 51.3 Å². The average molecular weight is 572 g/mol.